The third-order valence-electron chi connectivity index (χ3n) is 3.13. The molecule has 0 aliphatic heterocycles. The number of nitrogens with zero attached hydrogens (tertiary/aromatic N) is 2. The molecule has 96 valence electrons. The highest BCUT2D eigenvalue weighted by Gasteiger charge is 2.11. The zero-order valence-corrected chi connectivity index (χ0v) is 11.1. The van der Waals surface area contributed by atoms with Crippen LogP contribution < -0.4 is 11.3 Å². The van der Waals surface area contributed by atoms with Gasteiger partial charge in [-0.05, 0) is 44.1 Å². The Kier molecular flexibility index (Phi) is 6.11. The second-order valence-corrected chi connectivity index (χ2v) is 4.33. The molecule has 0 aliphatic rings. The van der Waals surface area contributed by atoms with Crippen LogP contribution in [0.4, 0.5) is 0 Å². The lowest BCUT2D eigenvalue weighted by molar-refractivity contribution is 0.282. The minimum atomic E-state index is 0.183. The van der Waals surface area contributed by atoms with Gasteiger partial charge in [-0.2, -0.15) is 0 Å². The molecule has 3 N–H and O–H groups in total. The zero-order chi connectivity index (χ0) is 12.7. The van der Waals surface area contributed by atoms with Crippen molar-refractivity contribution in [1.29, 1.82) is 0 Å². The molecule has 1 rings (SSSR count). The van der Waals surface area contributed by atoms with Gasteiger partial charge in [0.1, 0.15) is 0 Å². The molecule has 4 heteroatoms. The summed E-state index contributed by atoms with van der Waals surface area (Å²) < 4.78 is 0. The molecule has 0 amide bonds. The lowest BCUT2D eigenvalue weighted by Crippen LogP contribution is -2.32. The summed E-state index contributed by atoms with van der Waals surface area (Å²) in [7, 11) is 0. The summed E-state index contributed by atoms with van der Waals surface area (Å²) in [5.41, 5.74) is 5.22. The Labute approximate surface area is 104 Å². The van der Waals surface area contributed by atoms with Crippen molar-refractivity contribution in [3.05, 3.63) is 29.6 Å². The molecule has 0 saturated heterocycles. The molecule has 1 aromatic heterocycles. The van der Waals surface area contributed by atoms with Gasteiger partial charge in [-0.3, -0.25) is 16.3 Å². The third kappa shape index (κ3) is 4.42. The third-order valence-corrected chi connectivity index (χ3v) is 3.13. The lowest BCUT2D eigenvalue weighted by atomic mass is 10.0. The van der Waals surface area contributed by atoms with Crippen molar-refractivity contribution < 1.29 is 0 Å². The van der Waals surface area contributed by atoms with Gasteiger partial charge in [0.15, 0.2) is 0 Å². The van der Waals surface area contributed by atoms with E-state index in [0.717, 1.165) is 26.1 Å². The van der Waals surface area contributed by atoms with Crippen LogP contribution in [0.1, 0.15) is 37.4 Å². The van der Waals surface area contributed by atoms with E-state index in [1.54, 1.807) is 0 Å². The predicted octanol–water partition coefficient (Wildman–Crippen LogP) is 1.63. The van der Waals surface area contributed by atoms with Gasteiger partial charge in [0.2, 0.25) is 0 Å². The fraction of sp³-hybridized carbons (Fsp3) is 0.615. The molecule has 1 heterocycles. The van der Waals surface area contributed by atoms with Crippen molar-refractivity contribution in [2.75, 3.05) is 19.6 Å². The fourth-order valence-corrected chi connectivity index (χ4v) is 1.97. The number of aromatic nitrogens is 1. The minimum absolute atomic E-state index is 0.183. The SMILES string of the molecule is CCN(CC)CCC(NN)c1cncc(C)c1. The van der Waals surface area contributed by atoms with Gasteiger partial charge in [-0.25, -0.2) is 0 Å². The van der Waals surface area contributed by atoms with E-state index in [4.69, 9.17) is 5.84 Å². The van der Waals surface area contributed by atoms with Crippen molar-refractivity contribution in [3.8, 4) is 0 Å². The second-order valence-electron chi connectivity index (χ2n) is 4.33. The number of hydrogen-bond acceptors (Lipinski definition) is 4. The zero-order valence-electron chi connectivity index (χ0n) is 11.1. The Morgan fingerprint density at radius 2 is 2.06 bits per heavy atom. The summed E-state index contributed by atoms with van der Waals surface area (Å²) >= 11 is 0. The molecule has 0 saturated carbocycles. The van der Waals surface area contributed by atoms with Gasteiger partial charge in [0.25, 0.3) is 0 Å². The molecule has 17 heavy (non-hydrogen) atoms. The average Bonchev–Trinajstić information content (AvgIpc) is 2.35. The van der Waals surface area contributed by atoms with Crippen LogP contribution in [0.5, 0.6) is 0 Å². The average molecular weight is 236 g/mol. The van der Waals surface area contributed by atoms with E-state index < -0.39 is 0 Å². The molecule has 1 atom stereocenters. The van der Waals surface area contributed by atoms with Crippen molar-refractivity contribution in [2.24, 2.45) is 5.84 Å². The smallest absolute Gasteiger partial charge is 0.0487 e. The van der Waals surface area contributed by atoms with Crippen LogP contribution >= 0.6 is 0 Å². The van der Waals surface area contributed by atoms with E-state index >= 15 is 0 Å². The highest BCUT2D eigenvalue weighted by atomic mass is 15.2. The summed E-state index contributed by atoms with van der Waals surface area (Å²) in [4.78, 5) is 6.61. The summed E-state index contributed by atoms with van der Waals surface area (Å²) in [6.45, 7) is 9.63. The van der Waals surface area contributed by atoms with Crippen LogP contribution in [0.3, 0.4) is 0 Å². The molecule has 0 bridgehead atoms. The van der Waals surface area contributed by atoms with E-state index in [1.807, 2.05) is 12.4 Å². The highest BCUT2D eigenvalue weighted by molar-refractivity contribution is 5.19. The van der Waals surface area contributed by atoms with Gasteiger partial charge in [0, 0.05) is 18.4 Å². The molecule has 0 radical (unpaired) electrons. The van der Waals surface area contributed by atoms with Crippen molar-refractivity contribution in [3.63, 3.8) is 0 Å². The summed E-state index contributed by atoms with van der Waals surface area (Å²) in [5.74, 6) is 5.63. The first-order chi connectivity index (χ1) is 8.21. The maximum absolute atomic E-state index is 5.63. The first kappa shape index (κ1) is 14.1. The molecule has 1 aromatic rings. The summed E-state index contributed by atoms with van der Waals surface area (Å²) in [6.07, 6.45) is 4.75. The van der Waals surface area contributed by atoms with Crippen LogP contribution in [0.2, 0.25) is 0 Å². The maximum Gasteiger partial charge on any atom is 0.0487 e. The van der Waals surface area contributed by atoms with E-state index in [-0.39, 0.29) is 6.04 Å². The van der Waals surface area contributed by atoms with Crippen LogP contribution in [0.15, 0.2) is 18.5 Å². The second kappa shape index (κ2) is 7.37. The number of aryl methyl sites for hydroxylation is 1. The predicted molar refractivity (Wildman–Crippen MR) is 71.4 cm³/mol. The molecule has 1 unspecified atom stereocenters. The molecule has 0 aliphatic carbocycles. The Bertz CT molecular complexity index is 323. The Hall–Kier alpha value is -0.970. The van der Waals surface area contributed by atoms with E-state index in [2.05, 4.69) is 42.1 Å². The van der Waals surface area contributed by atoms with Gasteiger partial charge in [0.05, 0.1) is 0 Å². The standard InChI is InChI=1S/C13H24N4/c1-4-17(5-2)7-6-13(16-14)12-8-11(3)9-15-10-12/h8-10,13,16H,4-7,14H2,1-3H3. The van der Waals surface area contributed by atoms with Gasteiger partial charge in [-0.15, -0.1) is 0 Å². The maximum atomic E-state index is 5.63. The Morgan fingerprint density at radius 3 is 2.59 bits per heavy atom. The first-order valence-electron chi connectivity index (χ1n) is 6.31. The van der Waals surface area contributed by atoms with Crippen LogP contribution in [0, 0.1) is 6.92 Å². The van der Waals surface area contributed by atoms with E-state index in [9.17, 15) is 0 Å². The number of hydrazine groups is 1. The largest absolute Gasteiger partial charge is 0.304 e. The topological polar surface area (TPSA) is 54.2 Å². The minimum Gasteiger partial charge on any atom is -0.304 e. The van der Waals surface area contributed by atoms with Gasteiger partial charge in [-0.1, -0.05) is 19.9 Å². The lowest BCUT2D eigenvalue weighted by Gasteiger charge is -2.22. The Balaban J connectivity index is 2.59. The molecule has 0 spiro atoms. The summed E-state index contributed by atoms with van der Waals surface area (Å²) in [6, 6.07) is 2.32. The van der Waals surface area contributed by atoms with Crippen LogP contribution in [-0.4, -0.2) is 29.5 Å². The van der Waals surface area contributed by atoms with Crippen molar-refractivity contribution in [1.82, 2.24) is 15.3 Å². The monoisotopic (exact) mass is 236 g/mol. The van der Waals surface area contributed by atoms with E-state index in [0.29, 0.717) is 0 Å². The molecule has 0 fully saturated rings. The number of nitrogens with two attached hydrogens (primary N) is 1. The Morgan fingerprint density at radius 1 is 1.35 bits per heavy atom. The highest BCUT2D eigenvalue weighted by Crippen LogP contribution is 2.16. The molecule has 4 nitrogen and oxygen atoms in total. The summed E-state index contributed by atoms with van der Waals surface area (Å²) in [5, 5.41) is 0. The molecular weight excluding hydrogens is 212 g/mol. The quantitative estimate of drug-likeness (QED) is 0.558. The van der Waals surface area contributed by atoms with Crippen molar-refractivity contribution in [2.45, 2.75) is 33.2 Å². The molecule has 0 aromatic carbocycles. The first-order valence-corrected chi connectivity index (χ1v) is 6.31. The van der Waals surface area contributed by atoms with E-state index in [1.165, 1.54) is 11.1 Å². The number of rotatable bonds is 7. The normalized spacial score (nSPS) is 13.0. The van der Waals surface area contributed by atoms with Crippen LogP contribution in [0.25, 0.3) is 0 Å². The number of nitrogens with one attached hydrogen (secondary N) is 1. The molecular formula is C13H24N4. The van der Waals surface area contributed by atoms with Crippen LogP contribution in [-0.2, 0) is 0 Å². The van der Waals surface area contributed by atoms with Gasteiger partial charge >= 0.3 is 0 Å². The number of pyridine rings is 1. The van der Waals surface area contributed by atoms with Gasteiger partial charge < -0.3 is 4.90 Å². The number of hydrogen-bond donors (Lipinski definition) is 2. The van der Waals surface area contributed by atoms with Crippen molar-refractivity contribution >= 4 is 0 Å². The fourth-order valence-electron chi connectivity index (χ4n) is 1.97.